The zero-order valence-corrected chi connectivity index (χ0v) is 13.3. The Hall–Kier alpha value is 0.140. The number of quaternary nitrogens is 2. The van der Waals surface area contributed by atoms with Crippen molar-refractivity contribution in [2.45, 2.75) is 12.1 Å². The third kappa shape index (κ3) is 10.1. The monoisotopic (exact) mass is 340 g/mol. The predicted octanol–water partition coefficient (Wildman–Crippen LogP) is -8.06. The van der Waals surface area contributed by atoms with Gasteiger partial charge in [-0.25, -0.2) is 9.59 Å². The van der Waals surface area contributed by atoms with Crippen molar-refractivity contribution in [2.75, 3.05) is 25.7 Å². The van der Waals surface area contributed by atoms with E-state index in [0.717, 1.165) is 0 Å². The lowest BCUT2D eigenvalue weighted by Gasteiger charge is -2.07. The van der Waals surface area contributed by atoms with Gasteiger partial charge in [-0.3, -0.25) is 0 Å². The van der Waals surface area contributed by atoms with Gasteiger partial charge in [-0.2, -0.15) is 0 Å². The first-order valence-electron chi connectivity index (χ1n) is 4.59. The lowest BCUT2D eigenvalue weighted by atomic mass is 10.4. The van der Waals surface area contributed by atoms with E-state index in [-0.39, 0.29) is 48.8 Å². The highest BCUT2D eigenvalue weighted by Crippen LogP contribution is 2.21. The Bertz CT molecular complexity index is 225. The van der Waals surface area contributed by atoms with Crippen LogP contribution in [0.5, 0.6) is 0 Å². The minimum absolute atomic E-state index is 0. The van der Waals surface area contributed by atoms with Gasteiger partial charge in [0.25, 0.3) is 0 Å². The van der Waals surface area contributed by atoms with Crippen LogP contribution in [0.1, 0.15) is 0 Å². The summed E-state index contributed by atoms with van der Waals surface area (Å²) in [7, 11) is 5.60. The Morgan fingerprint density at radius 2 is 1.22 bits per heavy atom. The number of halogens is 2. The van der Waals surface area contributed by atoms with Crippen molar-refractivity contribution in [1.82, 2.24) is 0 Å². The highest BCUT2D eigenvalue weighted by molar-refractivity contribution is 8.76. The molecule has 2 atom stereocenters. The van der Waals surface area contributed by atoms with E-state index in [2.05, 4.69) is 20.9 Å². The molecule has 0 aliphatic rings. The molecule has 6 nitrogen and oxygen atoms in total. The highest BCUT2D eigenvalue weighted by atomic mass is 35.5. The Morgan fingerprint density at radius 3 is 1.44 bits per heavy atom. The minimum Gasteiger partial charge on any atom is -1.00 e. The number of esters is 2. The fourth-order valence-corrected chi connectivity index (χ4v) is 3.09. The molecule has 0 aliphatic heterocycles. The van der Waals surface area contributed by atoms with Crippen LogP contribution in [-0.2, 0) is 19.1 Å². The Balaban J connectivity index is -0.00000112. The maximum absolute atomic E-state index is 11.0. The normalized spacial score (nSPS) is 12.4. The molecule has 0 heterocycles. The molecule has 0 bridgehead atoms. The fourth-order valence-electron chi connectivity index (χ4n) is 0.730. The number of methoxy groups -OCH3 is 2. The molecule has 6 N–H and O–H groups in total. The topological polar surface area (TPSA) is 108 Å². The van der Waals surface area contributed by atoms with Crippen LogP contribution in [0.3, 0.4) is 0 Å². The average Bonchev–Trinajstić information content (AvgIpc) is 2.31. The second-order valence-electron chi connectivity index (χ2n) is 3.01. The van der Waals surface area contributed by atoms with E-state index in [4.69, 9.17) is 0 Å². The first-order chi connectivity index (χ1) is 7.52. The van der Waals surface area contributed by atoms with Crippen LogP contribution in [0.4, 0.5) is 0 Å². The summed E-state index contributed by atoms with van der Waals surface area (Å²) >= 11 is 0. The molecule has 0 fully saturated rings. The van der Waals surface area contributed by atoms with Crippen LogP contribution < -0.4 is 36.3 Å². The number of carbonyl (C=O) groups is 2. The van der Waals surface area contributed by atoms with Gasteiger partial charge in [-0.15, -0.1) is 0 Å². The van der Waals surface area contributed by atoms with Crippen molar-refractivity contribution in [1.29, 1.82) is 0 Å². The van der Waals surface area contributed by atoms with E-state index in [1.54, 1.807) is 0 Å². The van der Waals surface area contributed by atoms with Gasteiger partial charge < -0.3 is 45.8 Å². The summed E-state index contributed by atoms with van der Waals surface area (Å²) in [6.45, 7) is 0. The third-order valence-electron chi connectivity index (χ3n) is 1.69. The first kappa shape index (κ1) is 23.2. The predicted molar refractivity (Wildman–Crippen MR) is 62.3 cm³/mol. The van der Waals surface area contributed by atoms with Gasteiger partial charge in [-0.05, 0) is 0 Å². The maximum atomic E-state index is 11.0. The van der Waals surface area contributed by atoms with Gasteiger partial charge in [0.15, 0.2) is 12.1 Å². The Kier molecular flexibility index (Phi) is 17.5. The third-order valence-corrected chi connectivity index (χ3v) is 4.25. The van der Waals surface area contributed by atoms with Crippen LogP contribution >= 0.6 is 21.6 Å². The van der Waals surface area contributed by atoms with E-state index < -0.39 is 0 Å². The van der Waals surface area contributed by atoms with Gasteiger partial charge in [0.05, 0.1) is 25.7 Å². The number of hydrogen-bond acceptors (Lipinski definition) is 6. The number of carbonyl (C=O) groups excluding carboxylic acids is 2. The number of hydrogen-bond donors (Lipinski definition) is 2. The molecule has 110 valence electrons. The average molecular weight is 341 g/mol. The highest BCUT2D eigenvalue weighted by Gasteiger charge is 2.20. The van der Waals surface area contributed by atoms with Crippen molar-refractivity contribution in [3.63, 3.8) is 0 Å². The largest absolute Gasteiger partial charge is 1.00 e. The molecule has 0 spiro atoms. The molecule has 0 saturated carbocycles. The van der Waals surface area contributed by atoms with Crippen molar-refractivity contribution in [2.24, 2.45) is 0 Å². The van der Waals surface area contributed by atoms with Gasteiger partial charge in [0.1, 0.15) is 0 Å². The molecule has 0 saturated heterocycles. The smallest absolute Gasteiger partial charge is 0.365 e. The van der Waals surface area contributed by atoms with E-state index in [9.17, 15) is 9.59 Å². The molecule has 0 rings (SSSR count). The molecular weight excluding hydrogens is 323 g/mol. The summed E-state index contributed by atoms with van der Waals surface area (Å²) in [5.74, 6) is 0.440. The molecule has 0 aromatic heterocycles. The molecule has 18 heavy (non-hydrogen) atoms. The van der Waals surface area contributed by atoms with Crippen LogP contribution in [0.15, 0.2) is 0 Å². The van der Waals surface area contributed by atoms with Crippen molar-refractivity contribution in [3.05, 3.63) is 0 Å². The summed E-state index contributed by atoms with van der Waals surface area (Å²) in [6.07, 6.45) is 0. The molecular formula is C8H18Cl2N2O4S2. The van der Waals surface area contributed by atoms with Gasteiger partial charge in [-0.1, -0.05) is 21.6 Å². The Morgan fingerprint density at radius 1 is 0.944 bits per heavy atom. The van der Waals surface area contributed by atoms with Gasteiger partial charge in [0, 0.05) is 0 Å². The number of ether oxygens (including phenoxy) is 2. The van der Waals surface area contributed by atoms with Gasteiger partial charge >= 0.3 is 11.9 Å². The van der Waals surface area contributed by atoms with Crippen LogP contribution in [0, 0.1) is 0 Å². The molecule has 0 unspecified atom stereocenters. The van der Waals surface area contributed by atoms with Crippen molar-refractivity contribution in [3.8, 4) is 0 Å². The van der Waals surface area contributed by atoms with Gasteiger partial charge in [0.2, 0.25) is 0 Å². The summed E-state index contributed by atoms with van der Waals surface area (Å²) in [4.78, 5) is 22.0. The van der Waals surface area contributed by atoms with Crippen LogP contribution in [0.2, 0.25) is 0 Å². The van der Waals surface area contributed by atoms with E-state index in [1.807, 2.05) is 0 Å². The molecule has 0 aliphatic carbocycles. The molecule has 0 radical (unpaired) electrons. The van der Waals surface area contributed by atoms with E-state index in [0.29, 0.717) is 11.5 Å². The summed E-state index contributed by atoms with van der Waals surface area (Å²) in [5, 5.41) is 0. The molecule has 0 aromatic carbocycles. The quantitative estimate of drug-likeness (QED) is 0.271. The fraction of sp³-hybridized carbons (Fsp3) is 0.750. The second kappa shape index (κ2) is 13.6. The molecule has 10 heteroatoms. The lowest BCUT2D eigenvalue weighted by Crippen LogP contribution is -3.00. The Labute approximate surface area is 126 Å². The number of rotatable bonds is 7. The first-order valence-corrected chi connectivity index (χ1v) is 7.08. The van der Waals surface area contributed by atoms with Crippen LogP contribution in [-0.4, -0.2) is 49.7 Å². The molecule has 0 amide bonds. The second-order valence-corrected chi connectivity index (χ2v) is 5.56. The van der Waals surface area contributed by atoms with E-state index >= 15 is 0 Å². The maximum Gasteiger partial charge on any atom is 0.365 e. The van der Waals surface area contributed by atoms with E-state index in [1.165, 1.54) is 35.8 Å². The zero-order valence-electron chi connectivity index (χ0n) is 10.2. The van der Waals surface area contributed by atoms with Crippen molar-refractivity contribution < 1.29 is 55.3 Å². The lowest BCUT2D eigenvalue weighted by molar-refractivity contribution is -0.401. The standard InChI is InChI=1S/C8H16N2O4S2.2ClH/c1-13-7(11)5(9)3-15-16-4-6(10)8(12)14-2;;/h5-6H,3-4,9-10H2,1-2H3;2*1H/t5-,6-;;/m0../s1. The summed E-state index contributed by atoms with van der Waals surface area (Å²) in [5.41, 5.74) is 7.32. The van der Waals surface area contributed by atoms with Crippen molar-refractivity contribution >= 4 is 33.5 Å². The summed E-state index contributed by atoms with van der Waals surface area (Å²) < 4.78 is 9.07. The SMILES string of the molecule is COC(=O)[C@@H]([NH3+])CSSC[C@H]([NH3+])C(=O)OC.[Cl-].[Cl-]. The zero-order chi connectivity index (χ0) is 12.6. The van der Waals surface area contributed by atoms with Crippen LogP contribution in [0.25, 0.3) is 0 Å². The summed E-state index contributed by atoms with van der Waals surface area (Å²) in [6, 6.07) is -0.771. The minimum atomic E-state index is -0.385. The molecule has 0 aromatic rings.